The Morgan fingerprint density at radius 2 is 2.12 bits per heavy atom. The minimum absolute atomic E-state index is 0.259. The zero-order chi connectivity index (χ0) is 12.3. The van der Waals surface area contributed by atoms with E-state index >= 15 is 0 Å². The second-order valence-corrected chi connectivity index (χ2v) is 3.94. The van der Waals surface area contributed by atoms with Crippen LogP contribution in [0.5, 0.6) is 0 Å². The second kappa shape index (κ2) is 5.06. The van der Waals surface area contributed by atoms with Gasteiger partial charge in [-0.25, -0.2) is 0 Å². The molecule has 2 rings (SSSR count). The number of hydrogen-bond donors (Lipinski definition) is 1. The van der Waals surface area contributed by atoms with Crippen molar-refractivity contribution >= 4 is 23.2 Å². The third-order valence-electron chi connectivity index (χ3n) is 2.48. The van der Waals surface area contributed by atoms with E-state index in [2.05, 4.69) is 5.32 Å². The summed E-state index contributed by atoms with van der Waals surface area (Å²) in [6.07, 6.45) is 1.50. The van der Waals surface area contributed by atoms with Crippen LogP contribution in [0.3, 0.4) is 0 Å². The first-order chi connectivity index (χ1) is 8.22. The van der Waals surface area contributed by atoms with Gasteiger partial charge in [0.1, 0.15) is 0 Å². The largest absolute Gasteiger partial charge is 0.459 e. The van der Waals surface area contributed by atoms with Crippen molar-refractivity contribution in [3.8, 4) is 0 Å². The van der Waals surface area contributed by atoms with Crippen LogP contribution in [0.15, 0.2) is 41.0 Å². The SMILES string of the molecule is Cc1ccoc1C(=O)Nc1ccccc1CCl. The van der Waals surface area contributed by atoms with Gasteiger partial charge in [-0.15, -0.1) is 11.6 Å². The number of alkyl halides is 1. The summed E-state index contributed by atoms with van der Waals surface area (Å²) in [5, 5.41) is 2.79. The highest BCUT2D eigenvalue weighted by Gasteiger charge is 2.13. The Bertz CT molecular complexity index is 534. The molecule has 0 saturated heterocycles. The molecule has 0 aliphatic rings. The lowest BCUT2D eigenvalue weighted by Crippen LogP contribution is -2.13. The van der Waals surface area contributed by atoms with Gasteiger partial charge in [-0.05, 0) is 24.6 Å². The number of aryl methyl sites for hydroxylation is 1. The first kappa shape index (κ1) is 11.7. The number of anilines is 1. The lowest BCUT2D eigenvalue weighted by atomic mass is 10.2. The number of nitrogens with one attached hydrogen (secondary N) is 1. The van der Waals surface area contributed by atoms with Crippen LogP contribution in [0, 0.1) is 6.92 Å². The van der Waals surface area contributed by atoms with Gasteiger partial charge in [0, 0.05) is 17.1 Å². The van der Waals surface area contributed by atoms with Gasteiger partial charge in [0.15, 0.2) is 5.76 Å². The molecule has 2 aromatic rings. The van der Waals surface area contributed by atoms with Gasteiger partial charge in [0.05, 0.1) is 6.26 Å². The van der Waals surface area contributed by atoms with Gasteiger partial charge in [0.25, 0.3) is 5.91 Å². The molecule has 17 heavy (non-hydrogen) atoms. The maximum atomic E-state index is 11.9. The minimum Gasteiger partial charge on any atom is -0.459 e. The molecule has 1 aromatic heterocycles. The molecule has 1 N–H and O–H groups in total. The lowest BCUT2D eigenvalue weighted by molar-refractivity contribution is 0.0996. The zero-order valence-corrected chi connectivity index (χ0v) is 10.1. The minimum atomic E-state index is -0.259. The summed E-state index contributed by atoms with van der Waals surface area (Å²) in [5.41, 5.74) is 2.40. The number of furan rings is 1. The van der Waals surface area contributed by atoms with Crippen molar-refractivity contribution < 1.29 is 9.21 Å². The second-order valence-electron chi connectivity index (χ2n) is 3.68. The molecule has 3 nitrogen and oxygen atoms in total. The van der Waals surface area contributed by atoms with Crippen LogP contribution in [0.25, 0.3) is 0 Å². The van der Waals surface area contributed by atoms with Crippen LogP contribution in [0.4, 0.5) is 5.69 Å². The summed E-state index contributed by atoms with van der Waals surface area (Å²) in [7, 11) is 0. The maximum absolute atomic E-state index is 11.9. The van der Waals surface area contributed by atoms with Crippen molar-refractivity contribution in [3.05, 3.63) is 53.5 Å². The molecule has 1 aromatic carbocycles. The smallest absolute Gasteiger partial charge is 0.291 e. The highest BCUT2D eigenvalue weighted by Crippen LogP contribution is 2.19. The Hall–Kier alpha value is -1.74. The Balaban J connectivity index is 2.22. The topological polar surface area (TPSA) is 42.2 Å². The monoisotopic (exact) mass is 249 g/mol. The summed E-state index contributed by atoms with van der Waals surface area (Å²) in [5.74, 6) is 0.424. The van der Waals surface area contributed by atoms with E-state index in [1.807, 2.05) is 31.2 Å². The number of amides is 1. The number of halogens is 1. The molecule has 0 unspecified atom stereocenters. The molecule has 1 amide bonds. The maximum Gasteiger partial charge on any atom is 0.291 e. The third-order valence-corrected chi connectivity index (χ3v) is 2.77. The highest BCUT2D eigenvalue weighted by atomic mass is 35.5. The quantitative estimate of drug-likeness (QED) is 0.845. The van der Waals surface area contributed by atoms with Gasteiger partial charge in [-0.3, -0.25) is 4.79 Å². The number of benzene rings is 1. The summed E-state index contributed by atoms with van der Waals surface area (Å²) in [4.78, 5) is 11.9. The molecule has 88 valence electrons. The molecule has 0 fully saturated rings. The summed E-state index contributed by atoms with van der Waals surface area (Å²) >= 11 is 5.80. The van der Waals surface area contributed by atoms with Crippen molar-refractivity contribution in [1.29, 1.82) is 0 Å². The lowest BCUT2D eigenvalue weighted by Gasteiger charge is -2.07. The van der Waals surface area contributed by atoms with Crippen LogP contribution in [-0.2, 0) is 5.88 Å². The Morgan fingerprint density at radius 3 is 2.76 bits per heavy atom. The van der Waals surface area contributed by atoms with Gasteiger partial charge >= 0.3 is 0 Å². The van der Waals surface area contributed by atoms with E-state index in [1.165, 1.54) is 6.26 Å². The average Bonchev–Trinajstić information content (AvgIpc) is 2.76. The molecule has 0 aliphatic carbocycles. The van der Waals surface area contributed by atoms with Gasteiger partial charge in [-0.2, -0.15) is 0 Å². The Labute approximate surface area is 104 Å². The normalized spacial score (nSPS) is 10.2. The van der Waals surface area contributed by atoms with E-state index in [0.717, 1.165) is 11.1 Å². The summed E-state index contributed by atoms with van der Waals surface area (Å²) in [6, 6.07) is 9.17. The van der Waals surface area contributed by atoms with E-state index in [9.17, 15) is 4.79 Å². The van der Waals surface area contributed by atoms with Crippen molar-refractivity contribution in [2.75, 3.05) is 5.32 Å². The van der Waals surface area contributed by atoms with Crippen LogP contribution < -0.4 is 5.32 Å². The molecular weight excluding hydrogens is 238 g/mol. The van der Waals surface area contributed by atoms with E-state index in [4.69, 9.17) is 16.0 Å². The predicted octanol–water partition coefficient (Wildman–Crippen LogP) is 3.58. The zero-order valence-electron chi connectivity index (χ0n) is 9.37. The number of hydrogen-bond acceptors (Lipinski definition) is 2. The van der Waals surface area contributed by atoms with Gasteiger partial charge < -0.3 is 9.73 Å². The standard InChI is InChI=1S/C13H12ClNO2/c1-9-6-7-17-12(9)13(16)15-11-5-3-2-4-10(11)8-14/h2-7H,8H2,1H3,(H,15,16). The van der Waals surface area contributed by atoms with Crippen molar-refractivity contribution in [1.82, 2.24) is 0 Å². The van der Waals surface area contributed by atoms with Gasteiger partial charge in [-0.1, -0.05) is 18.2 Å². The number of rotatable bonds is 3. The fourth-order valence-corrected chi connectivity index (χ4v) is 1.78. The molecule has 0 saturated carbocycles. The van der Waals surface area contributed by atoms with Crippen LogP contribution in [0.2, 0.25) is 0 Å². The molecule has 0 spiro atoms. The first-order valence-corrected chi connectivity index (χ1v) is 5.75. The van der Waals surface area contributed by atoms with Crippen molar-refractivity contribution in [2.45, 2.75) is 12.8 Å². The number of carbonyl (C=O) groups excluding carboxylic acids is 1. The molecule has 0 bridgehead atoms. The predicted molar refractivity (Wildman–Crippen MR) is 67.4 cm³/mol. The molecule has 4 heteroatoms. The van der Waals surface area contributed by atoms with Crippen LogP contribution >= 0.6 is 11.6 Å². The summed E-state index contributed by atoms with van der Waals surface area (Å²) < 4.78 is 5.13. The molecule has 0 radical (unpaired) electrons. The third kappa shape index (κ3) is 2.50. The van der Waals surface area contributed by atoms with Gasteiger partial charge in [0.2, 0.25) is 0 Å². The Morgan fingerprint density at radius 1 is 1.35 bits per heavy atom. The van der Waals surface area contributed by atoms with Crippen LogP contribution in [0.1, 0.15) is 21.7 Å². The van der Waals surface area contributed by atoms with E-state index < -0.39 is 0 Å². The molecule has 1 heterocycles. The van der Waals surface area contributed by atoms with Crippen LogP contribution in [-0.4, -0.2) is 5.91 Å². The fraction of sp³-hybridized carbons (Fsp3) is 0.154. The molecular formula is C13H12ClNO2. The van der Waals surface area contributed by atoms with Crippen molar-refractivity contribution in [2.24, 2.45) is 0 Å². The van der Waals surface area contributed by atoms with E-state index in [0.29, 0.717) is 17.3 Å². The van der Waals surface area contributed by atoms with E-state index in [1.54, 1.807) is 6.07 Å². The molecule has 0 atom stereocenters. The fourth-order valence-electron chi connectivity index (χ4n) is 1.54. The summed E-state index contributed by atoms with van der Waals surface area (Å²) in [6.45, 7) is 1.83. The Kier molecular flexibility index (Phi) is 3.49. The van der Waals surface area contributed by atoms with Crippen molar-refractivity contribution in [3.63, 3.8) is 0 Å². The number of carbonyl (C=O) groups is 1. The first-order valence-electron chi connectivity index (χ1n) is 5.21. The molecule has 0 aliphatic heterocycles. The highest BCUT2D eigenvalue weighted by molar-refractivity contribution is 6.17. The van der Waals surface area contributed by atoms with E-state index in [-0.39, 0.29) is 5.91 Å². The average molecular weight is 250 g/mol. The number of para-hydroxylation sites is 1.